The van der Waals surface area contributed by atoms with E-state index in [9.17, 15) is 4.79 Å². The highest BCUT2D eigenvalue weighted by atomic mass is 31.2. The number of benzene rings is 1. The fourth-order valence-corrected chi connectivity index (χ4v) is 4.13. The summed E-state index contributed by atoms with van der Waals surface area (Å²) >= 11 is 0. The fraction of sp³-hybridized carbons (Fsp3) is 0.364. The molecule has 0 fully saturated rings. The number of hydrogen-bond donors (Lipinski definition) is 0. The van der Waals surface area contributed by atoms with Crippen molar-refractivity contribution in [3.8, 4) is 0 Å². The van der Waals surface area contributed by atoms with Gasteiger partial charge < -0.3 is 0 Å². The minimum Gasteiger partial charge on any atom is -0.290 e. The molecular formula is C11H13N9OP+. The molecule has 0 saturated carbocycles. The Morgan fingerprint density at radius 1 is 0.909 bits per heavy atom. The summed E-state index contributed by atoms with van der Waals surface area (Å²) in [5, 5.41) is 10.5. The van der Waals surface area contributed by atoms with Gasteiger partial charge in [0, 0.05) is 27.6 Å². The maximum atomic E-state index is 12.4. The van der Waals surface area contributed by atoms with E-state index in [0.717, 1.165) is 0 Å². The lowest BCUT2D eigenvalue weighted by Crippen LogP contribution is -2.16. The number of hydrogen-bond acceptors (Lipinski definition) is 4. The first kappa shape index (κ1) is 17.3. The van der Waals surface area contributed by atoms with Crippen LogP contribution in [-0.4, -0.2) is 30.8 Å². The second kappa shape index (κ2) is 9.23. The molecule has 10 nitrogen and oxygen atoms in total. The van der Waals surface area contributed by atoms with Crippen molar-refractivity contribution in [2.24, 2.45) is 15.3 Å². The zero-order valence-electron chi connectivity index (χ0n) is 11.6. The Morgan fingerprint density at radius 2 is 1.36 bits per heavy atom. The average Bonchev–Trinajstić information content (AvgIpc) is 2.56. The highest BCUT2D eigenvalue weighted by Crippen LogP contribution is 2.59. The van der Waals surface area contributed by atoms with Crippen LogP contribution in [0.15, 0.2) is 45.7 Å². The molecule has 0 aliphatic rings. The van der Waals surface area contributed by atoms with Crippen molar-refractivity contribution < 1.29 is 4.79 Å². The van der Waals surface area contributed by atoms with Crippen LogP contribution in [0.2, 0.25) is 0 Å². The third-order valence-corrected chi connectivity index (χ3v) is 5.99. The normalized spacial score (nSPS) is 12.0. The van der Waals surface area contributed by atoms with E-state index in [1.54, 1.807) is 30.3 Å². The summed E-state index contributed by atoms with van der Waals surface area (Å²) in [5.74, 6) is -0.164. The van der Waals surface area contributed by atoms with Gasteiger partial charge in [0.05, 0.1) is 0 Å². The molecule has 1 aromatic rings. The Balaban J connectivity index is 3.09. The molecule has 0 amide bonds. The van der Waals surface area contributed by atoms with Gasteiger partial charge in [0.15, 0.2) is 5.78 Å². The van der Waals surface area contributed by atoms with Crippen LogP contribution >= 0.6 is 7.26 Å². The number of nitrogens with zero attached hydrogens (tertiary/aromatic N) is 9. The van der Waals surface area contributed by atoms with E-state index in [4.69, 9.17) is 16.6 Å². The quantitative estimate of drug-likeness (QED) is 0.208. The van der Waals surface area contributed by atoms with Crippen LogP contribution in [0.25, 0.3) is 31.3 Å². The van der Waals surface area contributed by atoms with Crippen LogP contribution in [0.1, 0.15) is 10.4 Å². The molecule has 112 valence electrons. The van der Waals surface area contributed by atoms with Gasteiger partial charge >= 0.3 is 0 Å². The monoisotopic (exact) mass is 318 g/mol. The van der Waals surface area contributed by atoms with Crippen LogP contribution < -0.4 is 0 Å². The fourth-order valence-electron chi connectivity index (χ4n) is 1.79. The van der Waals surface area contributed by atoms with Crippen LogP contribution in [0.4, 0.5) is 0 Å². The van der Waals surface area contributed by atoms with E-state index < -0.39 is 7.26 Å². The van der Waals surface area contributed by atoms with Crippen molar-refractivity contribution >= 4 is 13.0 Å². The minimum absolute atomic E-state index is 0.000113. The number of Topliss-reactive ketones (excluding diaryl/α,β-unsaturated/α-hetero) is 1. The third-order valence-electron chi connectivity index (χ3n) is 2.85. The topological polar surface area (TPSA) is 163 Å². The summed E-state index contributed by atoms with van der Waals surface area (Å²) in [4.78, 5) is 20.4. The molecule has 0 aromatic heterocycles. The first-order valence-electron chi connectivity index (χ1n) is 6.13. The molecular weight excluding hydrogens is 305 g/mol. The van der Waals surface area contributed by atoms with Crippen molar-refractivity contribution in [2.45, 2.75) is 0 Å². The molecule has 0 saturated heterocycles. The van der Waals surface area contributed by atoms with Gasteiger partial charge in [0.2, 0.25) is 0 Å². The van der Waals surface area contributed by atoms with Crippen molar-refractivity contribution in [1.29, 1.82) is 0 Å². The Hall–Kier alpha value is -2.75. The van der Waals surface area contributed by atoms with E-state index >= 15 is 0 Å². The van der Waals surface area contributed by atoms with Crippen molar-refractivity contribution in [2.75, 3.05) is 25.0 Å². The molecule has 11 heteroatoms. The van der Waals surface area contributed by atoms with E-state index in [2.05, 4.69) is 30.1 Å². The smallest absolute Gasteiger partial charge is 0.199 e. The average molecular weight is 318 g/mol. The summed E-state index contributed by atoms with van der Waals surface area (Å²) in [6, 6.07) is 8.61. The van der Waals surface area contributed by atoms with E-state index in [1.807, 2.05) is 0 Å². The molecule has 0 atom stereocenters. The minimum atomic E-state index is -2.38. The summed E-state index contributed by atoms with van der Waals surface area (Å²) in [6.45, 7) is 0. The van der Waals surface area contributed by atoms with Gasteiger partial charge in [-0.05, 0) is 16.6 Å². The predicted molar refractivity (Wildman–Crippen MR) is 84.6 cm³/mol. The molecule has 0 N–H and O–H groups in total. The van der Waals surface area contributed by atoms with Gasteiger partial charge in [0.25, 0.3) is 0 Å². The van der Waals surface area contributed by atoms with E-state index in [-0.39, 0.29) is 30.8 Å². The number of carbonyl (C=O) groups is 1. The van der Waals surface area contributed by atoms with Crippen LogP contribution in [0.5, 0.6) is 0 Å². The first-order valence-corrected chi connectivity index (χ1v) is 8.66. The summed E-state index contributed by atoms with van der Waals surface area (Å²) in [6.07, 6.45) is 0.0500. The first-order chi connectivity index (χ1) is 10.7. The Kier molecular flexibility index (Phi) is 7.26. The van der Waals surface area contributed by atoms with Gasteiger partial charge in [-0.15, -0.1) is 0 Å². The van der Waals surface area contributed by atoms with Gasteiger partial charge in [0.1, 0.15) is 25.0 Å². The van der Waals surface area contributed by atoms with Gasteiger partial charge in [-0.25, -0.2) is 0 Å². The number of rotatable bonds is 9. The third kappa shape index (κ3) is 5.32. The summed E-state index contributed by atoms with van der Waals surface area (Å²) in [7, 11) is -2.38. The van der Waals surface area contributed by atoms with E-state index in [0.29, 0.717) is 5.56 Å². The largest absolute Gasteiger partial charge is 0.290 e. The molecule has 0 aliphatic carbocycles. The SMILES string of the molecule is [N-]=[N+]=NC[P+](CN=[N+]=[N-])(CN=[N+]=[N-])CC(=O)c1ccccc1. The Bertz CT molecular complexity index is 607. The number of azide groups is 3. The van der Waals surface area contributed by atoms with Crippen LogP contribution in [-0.2, 0) is 0 Å². The molecule has 22 heavy (non-hydrogen) atoms. The highest BCUT2D eigenvalue weighted by Gasteiger charge is 2.38. The maximum Gasteiger partial charge on any atom is 0.199 e. The zero-order chi connectivity index (χ0) is 16.3. The van der Waals surface area contributed by atoms with Gasteiger partial charge in [-0.3, -0.25) is 4.79 Å². The standard InChI is InChI=1S/C11H13N9OP/c12-18-15-7-22(8-16-19-13,9-17-20-14)6-11(21)10-4-2-1-3-5-10/h1-5H,6-9H2/q+1. The van der Waals surface area contributed by atoms with Crippen molar-refractivity contribution in [3.63, 3.8) is 0 Å². The Labute approximate surface area is 126 Å². The molecule has 0 aliphatic heterocycles. The molecule has 0 unspecified atom stereocenters. The lowest BCUT2D eigenvalue weighted by molar-refractivity contribution is 0.102. The molecule has 0 bridgehead atoms. The van der Waals surface area contributed by atoms with E-state index in [1.165, 1.54) is 0 Å². The molecule has 1 aromatic carbocycles. The van der Waals surface area contributed by atoms with Crippen molar-refractivity contribution in [1.82, 2.24) is 0 Å². The van der Waals surface area contributed by atoms with Crippen LogP contribution in [0.3, 0.4) is 0 Å². The molecule has 0 spiro atoms. The molecule has 1 rings (SSSR count). The molecule has 0 heterocycles. The lowest BCUT2D eigenvalue weighted by Gasteiger charge is -2.21. The van der Waals surface area contributed by atoms with Gasteiger partial charge in [-0.2, -0.15) is 0 Å². The second-order valence-electron chi connectivity index (χ2n) is 4.41. The highest BCUT2D eigenvalue weighted by molar-refractivity contribution is 7.76. The summed E-state index contributed by atoms with van der Waals surface area (Å²) in [5.41, 5.74) is 26.1. The predicted octanol–water partition coefficient (Wildman–Crippen LogP) is 4.69. The number of carbonyl (C=O) groups excluding carboxylic acids is 1. The maximum absolute atomic E-state index is 12.4. The Morgan fingerprint density at radius 3 is 1.77 bits per heavy atom. The van der Waals surface area contributed by atoms with Gasteiger partial charge in [-0.1, -0.05) is 45.7 Å². The number of ketones is 1. The second-order valence-corrected chi connectivity index (χ2v) is 8.25. The van der Waals surface area contributed by atoms with Crippen molar-refractivity contribution in [3.05, 3.63) is 67.2 Å². The molecule has 0 radical (unpaired) electrons. The zero-order valence-corrected chi connectivity index (χ0v) is 12.5. The summed E-state index contributed by atoms with van der Waals surface area (Å²) < 4.78 is 0. The lowest BCUT2D eigenvalue weighted by atomic mass is 10.2. The van der Waals surface area contributed by atoms with Crippen LogP contribution in [0, 0.1) is 0 Å².